The van der Waals surface area contributed by atoms with E-state index in [9.17, 15) is 4.39 Å². The van der Waals surface area contributed by atoms with Gasteiger partial charge in [0.15, 0.2) is 0 Å². The van der Waals surface area contributed by atoms with Crippen molar-refractivity contribution in [2.75, 3.05) is 6.61 Å². The summed E-state index contributed by atoms with van der Waals surface area (Å²) in [5, 5.41) is 0. The predicted octanol–water partition coefficient (Wildman–Crippen LogP) is 3.04. The molecule has 2 aliphatic rings. The van der Waals surface area contributed by atoms with Gasteiger partial charge in [-0.05, 0) is 49.1 Å². The van der Waals surface area contributed by atoms with E-state index in [4.69, 9.17) is 4.74 Å². The number of fused-ring (bicyclic) bond motifs is 2. The van der Waals surface area contributed by atoms with Crippen molar-refractivity contribution in [3.8, 4) is 5.75 Å². The summed E-state index contributed by atoms with van der Waals surface area (Å²) in [6.07, 6.45) is 6.97. The van der Waals surface area contributed by atoms with Crippen LogP contribution in [0.2, 0.25) is 0 Å². The average Bonchev–Trinajstić information content (AvgIpc) is 2.90. The van der Waals surface area contributed by atoms with Gasteiger partial charge in [-0.1, -0.05) is 6.42 Å². The molecule has 0 spiro atoms. The highest BCUT2D eigenvalue weighted by Crippen LogP contribution is 2.48. The minimum atomic E-state index is -0.452. The van der Waals surface area contributed by atoms with Crippen LogP contribution in [0.5, 0.6) is 5.75 Å². The highest BCUT2D eigenvalue weighted by Gasteiger charge is 2.39. The van der Waals surface area contributed by atoms with E-state index in [1.54, 1.807) is 6.07 Å². The van der Waals surface area contributed by atoms with Crippen molar-refractivity contribution in [1.29, 1.82) is 0 Å². The van der Waals surface area contributed by atoms with Crippen molar-refractivity contribution < 1.29 is 9.13 Å². The molecule has 3 heteroatoms. The van der Waals surface area contributed by atoms with Gasteiger partial charge in [0.2, 0.25) is 5.95 Å². The SMILES string of the molecule is Fc1ccc(OCC2CC3CCC2C3)cn1. The molecule has 0 saturated heterocycles. The number of ether oxygens (including phenoxy) is 1. The molecule has 2 nitrogen and oxygen atoms in total. The Morgan fingerprint density at radius 1 is 1.31 bits per heavy atom. The molecule has 0 aromatic carbocycles. The number of rotatable bonds is 3. The lowest BCUT2D eigenvalue weighted by Crippen LogP contribution is -2.18. The summed E-state index contributed by atoms with van der Waals surface area (Å²) in [6, 6.07) is 2.99. The summed E-state index contributed by atoms with van der Waals surface area (Å²) in [5.41, 5.74) is 0. The van der Waals surface area contributed by atoms with Crippen LogP contribution in [0.4, 0.5) is 4.39 Å². The molecule has 2 fully saturated rings. The molecule has 3 unspecified atom stereocenters. The zero-order valence-corrected chi connectivity index (χ0v) is 9.23. The molecule has 3 atom stereocenters. The second kappa shape index (κ2) is 4.04. The van der Waals surface area contributed by atoms with Crippen LogP contribution in [0.3, 0.4) is 0 Å². The highest BCUT2D eigenvalue weighted by molar-refractivity contribution is 5.16. The minimum Gasteiger partial charge on any atom is -0.492 e. The Balaban J connectivity index is 1.55. The predicted molar refractivity (Wildman–Crippen MR) is 58.6 cm³/mol. The first kappa shape index (κ1) is 10.1. The molecule has 16 heavy (non-hydrogen) atoms. The number of pyridine rings is 1. The topological polar surface area (TPSA) is 22.1 Å². The van der Waals surface area contributed by atoms with Crippen molar-refractivity contribution in [2.24, 2.45) is 17.8 Å². The standard InChI is InChI=1S/C13H16FNO/c14-13-4-3-12(7-15-13)16-8-11-6-9-1-2-10(11)5-9/h3-4,7,9-11H,1-2,5-6,8H2. The lowest BCUT2D eigenvalue weighted by molar-refractivity contribution is 0.194. The average molecular weight is 221 g/mol. The number of nitrogens with zero attached hydrogens (tertiary/aromatic N) is 1. The zero-order chi connectivity index (χ0) is 11.0. The lowest BCUT2D eigenvalue weighted by Gasteiger charge is -2.21. The summed E-state index contributed by atoms with van der Waals surface area (Å²) >= 11 is 0. The normalized spacial score (nSPS) is 31.9. The van der Waals surface area contributed by atoms with Crippen LogP contribution in [0.25, 0.3) is 0 Å². The third-order valence-electron chi connectivity index (χ3n) is 4.05. The van der Waals surface area contributed by atoms with Crippen molar-refractivity contribution in [1.82, 2.24) is 4.98 Å². The van der Waals surface area contributed by atoms with Gasteiger partial charge in [0.25, 0.3) is 0 Å². The van der Waals surface area contributed by atoms with Gasteiger partial charge in [-0.3, -0.25) is 0 Å². The Morgan fingerprint density at radius 3 is 2.88 bits per heavy atom. The second-order valence-electron chi connectivity index (χ2n) is 5.06. The molecular weight excluding hydrogens is 205 g/mol. The zero-order valence-electron chi connectivity index (χ0n) is 9.23. The van der Waals surface area contributed by atoms with Crippen LogP contribution < -0.4 is 4.74 Å². The molecule has 1 heterocycles. The maximum absolute atomic E-state index is 12.6. The van der Waals surface area contributed by atoms with E-state index in [-0.39, 0.29) is 0 Å². The molecule has 0 radical (unpaired) electrons. The largest absolute Gasteiger partial charge is 0.492 e. The molecular formula is C13H16FNO. The fourth-order valence-electron chi connectivity index (χ4n) is 3.23. The first-order chi connectivity index (χ1) is 7.81. The fraction of sp³-hybridized carbons (Fsp3) is 0.615. The van der Waals surface area contributed by atoms with E-state index in [1.165, 1.54) is 37.9 Å². The van der Waals surface area contributed by atoms with Crippen molar-refractivity contribution in [3.63, 3.8) is 0 Å². The van der Waals surface area contributed by atoms with E-state index in [0.29, 0.717) is 11.7 Å². The fourth-order valence-corrected chi connectivity index (χ4v) is 3.23. The molecule has 3 rings (SSSR count). The van der Waals surface area contributed by atoms with E-state index >= 15 is 0 Å². The third-order valence-corrected chi connectivity index (χ3v) is 4.05. The Morgan fingerprint density at radius 2 is 2.25 bits per heavy atom. The van der Waals surface area contributed by atoms with Gasteiger partial charge in [-0.2, -0.15) is 4.39 Å². The van der Waals surface area contributed by atoms with Crippen LogP contribution in [-0.4, -0.2) is 11.6 Å². The van der Waals surface area contributed by atoms with Gasteiger partial charge >= 0.3 is 0 Å². The summed E-state index contributed by atoms with van der Waals surface area (Å²) in [5.74, 6) is 2.77. The van der Waals surface area contributed by atoms with Crippen LogP contribution in [0, 0.1) is 23.7 Å². The highest BCUT2D eigenvalue weighted by atomic mass is 19.1. The third kappa shape index (κ3) is 1.91. The smallest absolute Gasteiger partial charge is 0.213 e. The maximum atomic E-state index is 12.6. The van der Waals surface area contributed by atoms with E-state index in [0.717, 1.165) is 18.4 Å². The number of hydrogen-bond donors (Lipinski definition) is 0. The number of halogens is 1. The summed E-state index contributed by atoms with van der Waals surface area (Å²) in [7, 11) is 0. The lowest BCUT2D eigenvalue weighted by atomic mass is 9.90. The number of hydrogen-bond acceptors (Lipinski definition) is 2. The van der Waals surface area contributed by atoms with E-state index in [1.807, 2.05) is 0 Å². The molecule has 1 aromatic rings. The second-order valence-corrected chi connectivity index (χ2v) is 5.06. The molecule has 1 aromatic heterocycles. The van der Waals surface area contributed by atoms with E-state index < -0.39 is 5.95 Å². The van der Waals surface area contributed by atoms with Crippen molar-refractivity contribution in [2.45, 2.75) is 25.7 Å². The van der Waals surface area contributed by atoms with Crippen molar-refractivity contribution >= 4 is 0 Å². The van der Waals surface area contributed by atoms with Crippen molar-refractivity contribution in [3.05, 3.63) is 24.3 Å². The molecule has 2 saturated carbocycles. The van der Waals surface area contributed by atoms with Gasteiger partial charge in [-0.25, -0.2) is 4.98 Å². The maximum Gasteiger partial charge on any atom is 0.213 e. The van der Waals surface area contributed by atoms with Gasteiger partial charge in [0, 0.05) is 0 Å². The van der Waals surface area contributed by atoms with Crippen LogP contribution in [-0.2, 0) is 0 Å². The number of aromatic nitrogens is 1. The first-order valence-electron chi connectivity index (χ1n) is 6.05. The Labute approximate surface area is 94.8 Å². The Kier molecular flexibility index (Phi) is 2.54. The van der Waals surface area contributed by atoms with Crippen LogP contribution in [0.15, 0.2) is 18.3 Å². The molecule has 0 amide bonds. The molecule has 0 N–H and O–H groups in total. The summed E-state index contributed by atoms with van der Waals surface area (Å²) in [4.78, 5) is 3.58. The van der Waals surface area contributed by atoms with Gasteiger partial charge in [0.05, 0.1) is 12.8 Å². The molecule has 86 valence electrons. The van der Waals surface area contributed by atoms with E-state index in [2.05, 4.69) is 4.98 Å². The minimum absolute atomic E-state index is 0.452. The van der Waals surface area contributed by atoms with Gasteiger partial charge in [-0.15, -0.1) is 0 Å². The quantitative estimate of drug-likeness (QED) is 0.732. The first-order valence-corrected chi connectivity index (χ1v) is 6.05. The Hall–Kier alpha value is -1.12. The summed E-state index contributed by atoms with van der Waals surface area (Å²) < 4.78 is 18.3. The van der Waals surface area contributed by atoms with Gasteiger partial charge in [0.1, 0.15) is 5.75 Å². The molecule has 2 bridgehead atoms. The van der Waals surface area contributed by atoms with Crippen LogP contribution >= 0.6 is 0 Å². The monoisotopic (exact) mass is 221 g/mol. The summed E-state index contributed by atoms with van der Waals surface area (Å²) in [6.45, 7) is 0.772. The Bertz CT molecular complexity index is 365. The van der Waals surface area contributed by atoms with Gasteiger partial charge < -0.3 is 4.74 Å². The molecule has 2 aliphatic carbocycles. The van der Waals surface area contributed by atoms with Crippen LogP contribution in [0.1, 0.15) is 25.7 Å². The molecule has 0 aliphatic heterocycles.